The summed E-state index contributed by atoms with van der Waals surface area (Å²) < 4.78 is 5.30. The minimum absolute atomic E-state index is 0.0234. The number of nitrogens with one attached hydrogen (secondary N) is 1. The van der Waals surface area contributed by atoms with Gasteiger partial charge in [-0.1, -0.05) is 31.0 Å². The summed E-state index contributed by atoms with van der Waals surface area (Å²) >= 11 is 0. The number of hydrogen-bond acceptors (Lipinski definition) is 4. The van der Waals surface area contributed by atoms with Gasteiger partial charge in [0.05, 0.1) is 5.92 Å². The van der Waals surface area contributed by atoms with Crippen LogP contribution in [0.3, 0.4) is 0 Å². The van der Waals surface area contributed by atoms with Crippen LogP contribution in [0, 0.1) is 5.92 Å². The van der Waals surface area contributed by atoms with Gasteiger partial charge in [-0.15, -0.1) is 0 Å². The van der Waals surface area contributed by atoms with Crippen molar-refractivity contribution in [2.75, 3.05) is 11.9 Å². The number of anilines is 1. The number of nitrogens with zero attached hydrogens (tertiary/aromatic N) is 1. The van der Waals surface area contributed by atoms with Crippen LogP contribution in [0.4, 0.5) is 5.69 Å². The molecule has 1 aromatic rings. The Hall–Kier alpha value is -2.37. The van der Waals surface area contributed by atoms with E-state index in [1.165, 1.54) is 0 Å². The van der Waals surface area contributed by atoms with Crippen LogP contribution < -0.4 is 5.32 Å². The summed E-state index contributed by atoms with van der Waals surface area (Å²) in [6, 6.07) is 9.28. The number of rotatable bonds is 5. The maximum Gasteiger partial charge on any atom is 0.312 e. The summed E-state index contributed by atoms with van der Waals surface area (Å²) in [5, 5.41) is 2.71. The standard InChI is InChI=1S/C19H24N2O4/c1-13(18(23)20-15-7-3-2-4-8-15)25-19(24)14-11-17(22)21(12-14)16-9-5-6-10-16/h2-4,7-8,13-14,16H,5-6,9-12H2,1H3,(H,20,23)/t13-,14-/m0/s1. The lowest BCUT2D eigenvalue weighted by molar-refractivity contribution is -0.157. The van der Waals surface area contributed by atoms with Crippen molar-refractivity contribution in [1.82, 2.24) is 4.90 Å². The Morgan fingerprint density at radius 1 is 1.20 bits per heavy atom. The van der Waals surface area contributed by atoms with Gasteiger partial charge in [-0.05, 0) is 31.9 Å². The highest BCUT2D eigenvalue weighted by Gasteiger charge is 2.40. The van der Waals surface area contributed by atoms with E-state index in [0.29, 0.717) is 12.2 Å². The lowest BCUT2D eigenvalue weighted by atomic mass is 10.1. The van der Waals surface area contributed by atoms with Crippen molar-refractivity contribution in [3.05, 3.63) is 30.3 Å². The highest BCUT2D eigenvalue weighted by atomic mass is 16.5. The molecule has 25 heavy (non-hydrogen) atoms. The van der Waals surface area contributed by atoms with Gasteiger partial charge in [0.2, 0.25) is 5.91 Å². The number of carbonyl (C=O) groups excluding carboxylic acids is 3. The third kappa shape index (κ3) is 4.18. The zero-order valence-corrected chi connectivity index (χ0v) is 14.4. The molecular weight excluding hydrogens is 320 g/mol. The van der Waals surface area contributed by atoms with E-state index in [9.17, 15) is 14.4 Å². The first-order chi connectivity index (χ1) is 12.0. The molecule has 2 amide bonds. The molecule has 1 aromatic carbocycles. The van der Waals surface area contributed by atoms with Gasteiger partial charge in [-0.3, -0.25) is 14.4 Å². The molecule has 2 aliphatic rings. The molecule has 1 heterocycles. The molecule has 134 valence electrons. The smallest absolute Gasteiger partial charge is 0.312 e. The molecule has 1 aliphatic heterocycles. The van der Waals surface area contributed by atoms with Crippen LogP contribution in [-0.4, -0.2) is 41.4 Å². The van der Waals surface area contributed by atoms with Gasteiger partial charge in [0.25, 0.3) is 5.91 Å². The lowest BCUT2D eigenvalue weighted by Gasteiger charge is -2.24. The molecule has 0 spiro atoms. The van der Waals surface area contributed by atoms with Crippen molar-refractivity contribution in [2.45, 2.75) is 51.2 Å². The highest BCUT2D eigenvalue weighted by molar-refractivity contribution is 5.95. The van der Waals surface area contributed by atoms with Crippen molar-refractivity contribution in [3.63, 3.8) is 0 Å². The first-order valence-electron chi connectivity index (χ1n) is 8.90. The number of likely N-dealkylation sites (tertiary alicyclic amines) is 1. The van der Waals surface area contributed by atoms with E-state index in [1.807, 2.05) is 23.1 Å². The fourth-order valence-corrected chi connectivity index (χ4v) is 3.55. The molecule has 1 N–H and O–H groups in total. The van der Waals surface area contributed by atoms with Crippen LogP contribution >= 0.6 is 0 Å². The van der Waals surface area contributed by atoms with Crippen molar-refractivity contribution >= 4 is 23.5 Å². The second-order valence-corrected chi connectivity index (χ2v) is 6.82. The third-order valence-electron chi connectivity index (χ3n) is 4.96. The fourth-order valence-electron chi connectivity index (χ4n) is 3.55. The van der Waals surface area contributed by atoms with Gasteiger partial charge in [0.1, 0.15) is 0 Å². The van der Waals surface area contributed by atoms with Crippen LogP contribution in [0.2, 0.25) is 0 Å². The molecule has 0 bridgehead atoms. The molecular formula is C19H24N2O4. The predicted octanol–water partition coefficient (Wildman–Crippen LogP) is 2.35. The predicted molar refractivity (Wildman–Crippen MR) is 92.7 cm³/mol. The number of benzene rings is 1. The topological polar surface area (TPSA) is 75.7 Å². The largest absolute Gasteiger partial charge is 0.452 e. The molecule has 1 aliphatic carbocycles. The highest BCUT2D eigenvalue weighted by Crippen LogP contribution is 2.30. The van der Waals surface area contributed by atoms with E-state index < -0.39 is 18.0 Å². The van der Waals surface area contributed by atoms with Crippen LogP contribution in [-0.2, 0) is 19.1 Å². The summed E-state index contributed by atoms with van der Waals surface area (Å²) in [5.41, 5.74) is 0.652. The monoisotopic (exact) mass is 344 g/mol. The van der Waals surface area contributed by atoms with Crippen molar-refractivity contribution < 1.29 is 19.1 Å². The first kappa shape index (κ1) is 17.5. The Labute approximate surface area is 147 Å². The number of para-hydroxylation sites is 1. The molecule has 1 saturated heterocycles. The molecule has 6 heteroatoms. The maximum atomic E-state index is 12.3. The summed E-state index contributed by atoms with van der Waals surface area (Å²) in [7, 11) is 0. The van der Waals surface area contributed by atoms with Gasteiger partial charge in [0.15, 0.2) is 6.10 Å². The van der Waals surface area contributed by atoms with E-state index in [2.05, 4.69) is 5.32 Å². The lowest BCUT2D eigenvalue weighted by Crippen LogP contribution is -2.36. The number of esters is 1. The van der Waals surface area contributed by atoms with E-state index >= 15 is 0 Å². The average Bonchev–Trinajstić information content (AvgIpc) is 3.25. The zero-order chi connectivity index (χ0) is 17.8. The number of amides is 2. The summed E-state index contributed by atoms with van der Waals surface area (Å²) in [5.74, 6) is -1.30. The summed E-state index contributed by atoms with van der Waals surface area (Å²) in [4.78, 5) is 38.5. The first-order valence-corrected chi connectivity index (χ1v) is 8.90. The van der Waals surface area contributed by atoms with Crippen LogP contribution in [0.25, 0.3) is 0 Å². The molecule has 0 aromatic heterocycles. The van der Waals surface area contributed by atoms with Crippen molar-refractivity contribution in [3.8, 4) is 0 Å². The number of ether oxygens (including phenoxy) is 1. The minimum Gasteiger partial charge on any atom is -0.452 e. The summed E-state index contributed by atoms with van der Waals surface area (Å²) in [6.07, 6.45) is 3.60. The Bertz CT molecular complexity index is 640. The molecule has 1 saturated carbocycles. The second kappa shape index (κ2) is 7.68. The van der Waals surface area contributed by atoms with Gasteiger partial charge in [0, 0.05) is 24.7 Å². The Balaban J connectivity index is 1.51. The normalized spacial score (nSPS) is 22.0. The van der Waals surface area contributed by atoms with Crippen LogP contribution in [0.1, 0.15) is 39.0 Å². The van der Waals surface area contributed by atoms with Gasteiger partial charge in [-0.25, -0.2) is 0 Å². The average molecular weight is 344 g/mol. The van der Waals surface area contributed by atoms with Crippen molar-refractivity contribution in [2.24, 2.45) is 5.92 Å². The molecule has 3 rings (SSSR count). The Kier molecular flexibility index (Phi) is 5.36. The molecule has 2 atom stereocenters. The molecule has 0 unspecified atom stereocenters. The number of hydrogen-bond donors (Lipinski definition) is 1. The van der Waals surface area contributed by atoms with E-state index in [-0.39, 0.29) is 24.3 Å². The van der Waals surface area contributed by atoms with Crippen LogP contribution in [0.5, 0.6) is 0 Å². The number of carbonyl (C=O) groups is 3. The summed E-state index contributed by atoms with van der Waals surface area (Å²) in [6.45, 7) is 1.96. The quantitative estimate of drug-likeness (QED) is 0.832. The molecule has 0 radical (unpaired) electrons. The van der Waals surface area contributed by atoms with E-state index in [4.69, 9.17) is 4.74 Å². The van der Waals surface area contributed by atoms with Gasteiger partial charge in [-0.2, -0.15) is 0 Å². The maximum absolute atomic E-state index is 12.3. The Morgan fingerprint density at radius 2 is 1.88 bits per heavy atom. The SMILES string of the molecule is C[C@H](OC(=O)[C@H]1CC(=O)N(C2CCCC2)C1)C(=O)Nc1ccccc1. The van der Waals surface area contributed by atoms with E-state index in [1.54, 1.807) is 19.1 Å². The fraction of sp³-hybridized carbons (Fsp3) is 0.526. The second-order valence-electron chi connectivity index (χ2n) is 6.82. The van der Waals surface area contributed by atoms with E-state index in [0.717, 1.165) is 25.7 Å². The van der Waals surface area contributed by atoms with Crippen molar-refractivity contribution in [1.29, 1.82) is 0 Å². The molecule has 6 nitrogen and oxygen atoms in total. The minimum atomic E-state index is -0.900. The Morgan fingerprint density at radius 3 is 2.56 bits per heavy atom. The third-order valence-corrected chi connectivity index (χ3v) is 4.96. The molecule has 2 fully saturated rings. The van der Waals surface area contributed by atoms with Gasteiger partial charge >= 0.3 is 5.97 Å². The van der Waals surface area contributed by atoms with Gasteiger partial charge < -0.3 is 15.0 Å². The van der Waals surface area contributed by atoms with Crippen LogP contribution in [0.15, 0.2) is 30.3 Å². The zero-order valence-electron chi connectivity index (χ0n) is 14.4.